The normalized spacial score (nSPS) is 12.1. The van der Waals surface area contributed by atoms with Crippen molar-refractivity contribution in [1.29, 1.82) is 0 Å². The lowest BCUT2D eigenvalue weighted by atomic mass is 10.1. The van der Waals surface area contributed by atoms with Gasteiger partial charge in [-0.25, -0.2) is 0 Å². The fraction of sp³-hybridized carbons (Fsp3) is 0.471. The molecule has 0 atom stereocenters. The van der Waals surface area contributed by atoms with Gasteiger partial charge in [0.15, 0.2) is 5.84 Å². The third-order valence-electron chi connectivity index (χ3n) is 3.93. The van der Waals surface area contributed by atoms with Gasteiger partial charge in [0.2, 0.25) is 0 Å². The van der Waals surface area contributed by atoms with Crippen molar-refractivity contribution in [1.82, 2.24) is 4.57 Å². The molecule has 0 radical (unpaired) electrons. The van der Waals surface area contributed by atoms with Crippen LogP contribution < -0.4 is 5.73 Å². The van der Waals surface area contributed by atoms with Crippen LogP contribution in [0.2, 0.25) is 0 Å². The first-order valence-corrected chi connectivity index (χ1v) is 7.83. The third kappa shape index (κ3) is 4.00. The number of benzene rings is 1. The third-order valence-corrected chi connectivity index (χ3v) is 3.93. The van der Waals surface area contributed by atoms with Crippen molar-refractivity contribution in [2.45, 2.75) is 52.0 Å². The van der Waals surface area contributed by atoms with E-state index in [2.05, 4.69) is 28.9 Å². The molecule has 21 heavy (non-hydrogen) atoms. The van der Waals surface area contributed by atoms with Crippen LogP contribution in [-0.2, 0) is 6.54 Å². The molecule has 114 valence electrons. The Morgan fingerprint density at radius 3 is 2.67 bits per heavy atom. The number of nitrogens with zero attached hydrogens (tertiary/aromatic N) is 2. The predicted molar refractivity (Wildman–Crippen MR) is 87.8 cm³/mol. The fourth-order valence-electron chi connectivity index (χ4n) is 2.66. The summed E-state index contributed by atoms with van der Waals surface area (Å²) in [5.41, 5.74) is 7.57. The van der Waals surface area contributed by atoms with Gasteiger partial charge in [-0.3, -0.25) is 0 Å². The van der Waals surface area contributed by atoms with E-state index in [-0.39, 0.29) is 5.84 Å². The number of hydrogen-bond acceptors (Lipinski definition) is 2. The largest absolute Gasteiger partial charge is 0.409 e. The van der Waals surface area contributed by atoms with E-state index in [1.165, 1.54) is 43.9 Å². The van der Waals surface area contributed by atoms with Crippen molar-refractivity contribution < 1.29 is 5.21 Å². The Hall–Kier alpha value is -1.97. The first-order valence-electron chi connectivity index (χ1n) is 7.83. The summed E-state index contributed by atoms with van der Waals surface area (Å²) in [7, 11) is 0. The smallest absolute Gasteiger partial charge is 0.170 e. The summed E-state index contributed by atoms with van der Waals surface area (Å²) in [6.07, 6.45) is 9.89. The van der Waals surface area contributed by atoms with Crippen LogP contribution in [-0.4, -0.2) is 15.6 Å². The maximum atomic E-state index is 8.78. The van der Waals surface area contributed by atoms with Gasteiger partial charge in [-0.15, -0.1) is 0 Å². The van der Waals surface area contributed by atoms with E-state index in [0.717, 1.165) is 17.6 Å². The number of rotatable bonds is 8. The Bertz CT molecular complexity index is 601. The first-order chi connectivity index (χ1) is 10.3. The highest BCUT2D eigenvalue weighted by molar-refractivity contribution is 6.00. The van der Waals surface area contributed by atoms with Crippen molar-refractivity contribution in [3.05, 3.63) is 36.0 Å². The maximum Gasteiger partial charge on any atom is 0.170 e. The topological polar surface area (TPSA) is 63.5 Å². The minimum absolute atomic E-state index is 0.157. The maximum absolute atomic E-state index is 8.78. The van der Waals surface area contributed by atoms with Crippen LogP contribution >= 0.6 is 0 Å². The summed E-state index contributed by atoms with van der Waals surface area (Å²) in [5, 5.41) is 13.0. The van der Waals surface area contributed by atoms with Gasteiger partial charge in [-0.05, 0) is 23.9 Å². The molecule has 0 fully saturated rings. The Morgan fingerprint density at radius 2 is 1.90 bits per heavy atom. The second-order valence-corrected chi connectivity index (χ2v) is 5.54. The number of aromatic nitrogens is 1. The highest BCUT2D eigenvalue weighted by atomic mass is 16.4. The van der Waals surface area contributed by atoms with E-state index < -0.39 is 0 Å². The van der Waals surface area contributed by atoms with Gasteiger partial charge >= 0.3 is 0 Å². The summed E-state index contributed by atoms with van der Waals surface area (Å²) in [5.74, 6) is 0.157. The Morgan fingerprint density at radius 1 is 1.14 bits per heavy atom. The van der Waals surface area contributed by atoms with Gasteiger partial charge < -0.3 is 15.5 Å². The fourth-order valence-corrected chi connectivity index (χ4v) is 2.66. The van der Waals surface area contributed by atoms with Crippen LogP contribution in [0.5, 0.6) is 0 Å². The molecule has 0 aliphatic heterocycles. The highest BCUT2D eigenvalue weighted by Gasteiger charge is 2.05. The Labute approximate surface area is 126 Å². The second kappa shape index (κ2) is 7.72. The zero-order valence-corrected chi connectivity index (χ0v) is 12.8. The van der Waals surface area contributed by atoms with Crippen LogP contribution in [0.25, 0.3) is 10.9 Å². The van der Waals surface area contributed by atoms with Gasteiger partial charge in [-0.2, -0.15) is 0 Å². The Balaban J connectivity index is 1.99. The van der Waals surface area contributed by atoms with Crippen molar-refractivity contribution in [2.75, 3.05) is 0 Å². The summed E-state index contributed by atoms with van der Waals surface area (Å²) in [6.45, 7) is 3.26. The van der Waals surface area contributed by atoms with Gasteiger partial charge in [0.05, 0.1) is 0 Å². The molecule has 0 spiro atoms. The predicted octanol–water partition coefficient (Wildman–Crippen LogP) is 4.10. The second-order valence-electron chi connectivity index (χ2n) is 5.54. The summed E-state index contributed by atoms with van der Waals surface area (Å²) in [6, 6.07) is 8.00. The zero-order chi connectivity index (χ0) is 15.1. The zero-order valence-electron chi connectivity index (χ0n) is 12.8. The van der Waals surface area contributed by atoms with E-state index in [4.69, 9.17) is 10.9 Å². The van der Waals surface area contributed by atoms with E-state index in [1.807, 2.05) is 18.2 Å². The average Bonchev–Trinajstić information content (AvgIpc) is 2.92. The van der Waals surface area contributed by atoms with E-state index in [1.54, 1.807) is 0 Å². The van der Waals surface area contributed by atoms with Gasteiger partial charge in [-0.1, -0.05) is 56.3 Å². The van der Waals surface area contributed by atoms with Gasteiger partial charge in [0.25, 0.3) is 0 Å². The van der Waals surface area contributed by atoms with Crippen molar-refractivity contribution in [2.24, 2.45) is 10.9 Å². The number of hydrogen-bond donors (Lipinski definition) is 2. The summed E-state index contributed by atoms with van der Waals surface area (Å²) < 4.78 is 2.25. The quantitative estimate of drug-likeness (QED) is 0.252. The molecule has 0 unspecified atom stereocenters. The number of oxime groups is 1. The SMILES string of the molecule is CCCCCCCCn1ccc2ccc(/C(N)=N/O)cc21. The molecule has 2 aromatic rings. The number of amidine groups is 1. The van der Waals surface area contributed by atoms with Crippen LogP contribution in [0.3, 0.4) is 0 Å². The van der Waals surface area contributed by atoms with Crippen molar-refractivity contribution >= 4 is 16.7 Å². The molecule has 0 aliphatic rings. The molecule has 3 N–H and O–H groups in total. The van der Waals surface area contributed by atoms with Crippen LogP contribution in [0.1, 0.15) is 51.0 Å². The number of aryl methyl sites for hydroxylation is 1. The minimum Gasteiger partial charge on any atom is -0.409 e. The van der Waals surface area contributed by atoms with Crippen LogP contribution in [0.15, 0.2) is 35.6 Å². The van der Waals surface area contributed by atoms with Gasteiger partial charge in [0.1, 0.15) is 0 Å². The van der Waals surface area contributed by atoms with E-state index in [9.17, 15) is 0 Å². The molecule has 4 nitrogen and oxygen atoms in total. The lowest BCUT2D eigenvalue weighted by molar-refractivity contribution is 0.318. The molecule has 1 aromatic heterocycles. The molecule has 1 aromatic carbocycles. The molecule has 4 heteroatoms. The van der Waals surface area contributed by atoms with E-state index >= 15 is 0 Å². The number of unbranched alkanes of at least 4 members (excludes halogenated alkanes) is 5. The molecule has 0 bridgehead atoms. The van der Waals surface area contributed by atoms with Gasteiger partial charge in [0, 0.05) is 23.8 Å². The summed E-state index contributed by atoms with van der Waals surface area (Å²) >= 11 is 0. The molecular weight excluding hydrogens is 262 g/mol. The molecule has 0 saturated carbocycles. The van der Waals surface area contributed by atoms with Crippen LogP contribution in [0.4, 0.5) is 0 Å². The van der Waals surface area contributed by atoms with Crippen LogP contribution in [0, 0.1) is 0 Å². The average molecular weight is 287 g/mol. The Kier molecular flexibility index (Phi) is 5.67. The molecule has 0 aliphatic carbocycles. The van der Waals surface area contributed by atoms with Crippen molar-refractivity contribution in [3.8, 4) is 0 Å². The summed E-state index contributed by atoms with van der Waals surface area (Å²) in [4.78, 5) is 0. The molecule has 0 amide bonds. The molecule has 1 heterocycles. The first kappa shape index (κ1) is 15.4. The molecular formula is C17H25N3O. The standard InChI is InChI=1S/C17H25N3O/c1-2-3-4-5-6-7-11-20-12-10-14-8-9-15(13-16(14)20)17(18)19-21/h8-10,12-13,21H,2-7,11H2,1H3,(H2,18,19). The molecule has 0 saturated heterocycles. The number of nitrogens with two attached hydrogens (primary N) is 1. The lowest BCUT2D eigenvalue weighted by Crippen LogP contribution is -2.12. The van der Waals surface area contributed by atoms with Crippen molar-refractivity contribution in [3.63, 3.8) is 0 Å². The molecule has 2 rings (SSSR count). The monoisotopic (exact) mass is 287 g/mol. The minimum atomic E-state index is 0.157. The highest BCUT2D eigenvalue weighted by Crippen LogP contribution is 2.19. The lowest BCUT2D eigenvalue weighted by Gasteiger charge is -2.07. The number of fused-ring (bicyclic) bond motifs is 1. The van der Waals surface area contributed by atoms with E-state index in [0.29, 0.717) is 0 Å².